The Balaban J connectivity index is 2.72. The molecule has 0 aromatic heterocycles. The average Bonchev–Trinajstić information content (AvgIpc) is 2.06. The molecular formula is C11H12O. The summed E-state index contributed by atoms with van der Waals surface area (Å²) >= 11 is 0. The number of rotatable bonds is 2. The molecule has 0 aliphatic carbocycles. The van der Waals surface area contributed by atoms with E-state index in [1.54, 1.807) is 6.92 Å². The van der Waals surface area contributed by atoms with Gasteiger partial charge in [0.2, 0.25) is 0 Å². The smallest absolute Gasteiger partial charge is 0.126 e. The van der Waals surface area contributed by atoms with Crippen LogP contribution in [0.15, 0.2) is 30.3 Å². The van der Waals surface area contributed by atoms with Crippen molar-refractivity contribution in [2.45, 2.75) is 18.9 Å². The van der Waals surface area contributed by atoms with Crippen LogP contribution in [0.3, 0.4) is 0 Å². The first-order valence-corrected chi connectivity index (χ1v) is 3.88. The Bertz CT molecular complexity index is 280. The fraction of sp³-hybridized carbons (Fsp3) is 0.273. The standard InChI is InChI=1S/C11H12O/c1-3-11(2,12)9-10-7-5-4-6-8-10/h1,4-8,12H,9H2,2H3/t11-/m0/s1. The van der Waals surface area contributed by atoms with Crippen molar-refractivity contribution >= 4 is 0 Å². The fourth-order valence-corrected chi connectivity index (χ4v) is 1.04. The van der Waals surface area contributed by atoms with Crippen molar-refractivity contribution < 1.29 is 5.11 Å². The first-order valence-electron chi connectivity index (χ1n) is 3.88. The fourth-order valence-electron chi connectivity index (χ4n) is 1.04. The van der Waals surface area contributed by atoms with Crippen molar-refractivity contribution in [1.29, 1.82) is 0 Å². The van der Waals surface area contributed by atoms with Crippen LogP contribution in [0.4, 0.5) is 0 Å². The van der Waals surface area contributed by atoms with E-state index < -0.39 is 5.60 Å². The first-order chi connectivity index (χ1) is 5.64. The Morgan fingerprint density at radius 1 is 1.42 bits per heavy atom. The highest BCUT2D eigenvalue weighted by atomic mass is 16.3. The maximum atomic E-state index is 9.54. The predicted molar refractivity (Wildman–Crippen MR) is 49.6 cm³/mol. The molecule has 12 heavy (non-hydrogen) atoms. The molecule has 1 rings (SSSR count). The van der Waals surface area contributed by atoms with E-state index in [4.69, 9.17) is 6.42 Å². The molecule has 0 fully saturated rings. The molecule has 0 aliphatic heterocycles. The minimum absolute atomic E-state index is 0.504. The summed E-state index contributed by atoms with van der Waals surface area (Å²) in [5.41, 5.74) is 0.0295. The number of aliphatic hydroxyl groups is 1. The van der Waals surface area contributed by atoms with E-state index in [1.807, 2.05) is 30.3 Å². The molecule has 1 nitrogen and oxygen atoms in total. The van der Waals surface area contributed by atoms with Gasteiger partial charge in [-0.1, -0.05) is 36.3 Å². The van der Waals surface area contributed by atoms with Gasteiger partial charge in [-0.15, -0.1) is 6.42 Å². The second-order valence-electron chi connectivity index (χ2n) is 3.08. The van der Waals surface area contributed by atoms with E-state index in [-0.39, 0.29) is 0 Å². The Hall–Kier alpha value is -1.26. The van der Waals surface area contributed by atoms with Gasteiger partial charge in [0.25, 0.3) is 0 Å². The topological polar surface area (TPSA) is 20.2 Å². The summed E-state index contributed by atoms with van der Waals surface area (Å²) in [5, 5.41) is 9.54. The summed E-state index contributed by atoms with van der Waals surface area (Å²) in [6.07, 6.45) is 5.66. The third kappa shape index (κ3) is 2.41. The van der Waals surface area contributed by atoms with Crippen LogP contribution >= 0.6 is 0 Å². The van der Waals surface area contributed by atoms with Gasteiger partial charge in [0.1, 0.15) is 5.60 Å². The number of hydrogen-bond donors (Lipinski definition) is 1. The number of hydrogen-bond acceptors (Lipinski definition) is 1. The molecule has 1 aromatic rings. The van der Waals surface area contributed by atoms with Crippen LogP contribution in [0.5, 0.6) is 0 Å². The van der Waals surface area contributed by atoms with Gasteiger partial charge in [0.05, 0.1) is 0 Å². The van der Waals surface area contributed by atoms with Crippen molar-refractivity contribution in [3.05, 3.63) is 35.9 Å². The van der Waals surface area contributed by atoms with E-state index in [0.29, 0.717) is 6.42 Å². The van der Waals surface area contributed by atoms with Crippen LogP contribution in [-0.4, -0.2) is 10.7 Å². The maximum Gasteiger partial charge on any atom is 0.126 e. The summed E-state index contributed by atoms with van der Waals surface area (Å²) in [7, 11) is 0. The highest BCUT2D eigenvalue weighted by Gasteiger charge is 2.16. The molecule has 0 heterocycles. The number of terminal acetylenes is 1. The van der Waals surface area contributed by atoms with Crippen molar-refractivity contribution in [1.82, 2.24) is 0 Å². The summed E-state index contributed by atoms with van der Waals surface area (Å²) in [5.74, 6) is 2.35. The van der Waals surface area contributed by atoms with Crippen LogP contribution in [0.1, 0.15) is 12.5 Å². The average molecular weight is 160 g/mol. The van der Waals surface area contributed by atoms with Crippen molar-refractivity contribution in [3.63, 3.8) is 0 Å². The van der Waals surface area contributed by atoms with Crippen molar-refractivity contribution in [2.75, 3.05) is 0 Å². The summed E-state index contributed by atoms with van der Waals surface area (Å²) in [6, 6.07) is 9.70. The summed E-state index contributed by atoms with van der Waals surface area (Å²) in [6.45, 7) is 1.64. The zero-order valence-corrected chi connectivity index (χ0v) is 7.12. The molecule has 0 bridgehead atoms. The molecule has 0 amide bonds. The molecule has 0 radical (unpaired) electrons. The Kier molecular flexibility index (Phi) is 2.52. The molecular weight excluding hydrogens is 148 g/mol. The summed E-state index contributed by atoms with van der Waals surface area (Å²) in [4.78, 5) is 0. The number of benzene rings is 1. The van der Waals surface area contributed by atoms with Crippen LogP contribution in [0.25, 0.3) is 0 Å². The van der Waals surface area contributed by atoms with Crippen LogP contribution < -0.4 is 0 Å². The van der Waals surface area contributed by atoms with Crippen LogP contribution in [0, 0.1) is 12.3 Å². The third-order valence-corrected chi connectivity index (χ3v) is 1.70. The Labute approximate surface area is 73.0 Å². The van der Waals surface area contributed by atoms with Crippen molar-refractivity contribution in [2.24, 2.45) is 0 Å². The largest absolute Gasteiger partial charge is 0.378 e. The van der Waals surface area contributed by atoms with E-state index in [2.05, 4.69) is 5.92 Å². The molecule has 0 unspecified atom stereocenters. The molecule has 1 aromatic carbocycles. The quantitative estimate of drug-likeness (QED) is 0.652. The lowest BCUT2D eigenvalue weighted by Crippen LogP contribution is -2.24. The normalized spacial score (nSPS) is 14.8. The molecule has 0 saturated carbocycles. The Morgan fingerprint density at radius 3 is 2.50 bits per heavy atom. The zero-order chi connectivity index (χ0) is 9.03. The molecule has 0 spiro atoms. The van der Waals surface area contributed by atoms with E-state index >= 15 is 0 Å². The van der Waals surface area contributed by atoms with Gasteiger partial charge in [-0.3, -0.25) is 0 Å². The van der Waals surface area contributed by atoms with Gasteiger partial charge in [-0.2, -0.15) is 0 Å². The highest BCUT2D eigenvalue weighted by Crippen LogP contribution is 2.11. The van der Waals surface area contributed by atoms with Crippen molar-refractivity contribution in [3.8, 4) is 12.3 Å². The Morgan fingerprint density at radius 2 is 2.00 bits per heavy atom. The monoisotopic (exact) mass is 160 g/mol. The zero-order valence-electron chi connectivity index (χ0n) is 7.12. The predicted octanol–water partition coefficient (Wildman–Crippen LogP) is 1.61. The van der Waals surface area contributed by atoms with E-state index in [1.165, 1.54) is 0 Å². The minimum Gasteiger partial charge on any atom is -0.378 e. The molecule has 0 saturated heterocycles. The van der Waals surface area contributed by atoms with Crippen LogP contribution in [0.2, 0.25) is 0 Å². The first kappa shape index (κ1) is 8.83. The van der Waals surface area contributed by atoms with E-state index in [9.17, 15) is 5.11 Å². The molecule has 1 N–H and O–H groups in total. The van der Waals surface area contributed by atoms with E-state index in [0.717, 1.165) is 5.56 Å². The molecule has 0 aliphatic rings. The highest BCUT2D eigenvalue weighted by molar-refractivity contribution is 5.20. The maximum absolute atomic E-state index is 9.54. The molecule has 1 heteroatoms. The second-order valence-corrected chi connectivity index (χ2v) is 3.08. The second kappa shape index (κ2) is 3.42. The van der Waals surface area contributed by atoms with Gasteiger partial charge in [-0.05, 0) is 12.5 Å². The minimum atomic E-state index is -1.03. The summed E-state index contributed by atoms with van der Waals surface area (Å²) < 4.78 is 0. The lowest BCUT2D eigenvalue weighted by molar-refractivity contribution is 0.123. The van der Waals surface area contributed by atoms with Gasteiger partial charge in [-0.25, -0.2) is 0 Å². The molecule has 62 valence electrons. The molecule has 1 atom stereocenters. The van der Waals surface area contributed by atoms with Crippen LogP contribution in [-0.2, 0) is 6.42 Å². The van der Waals surface area contributed by atoms with Gasteiger partial charge in [0, 0.05) is 6.42 Å². The van der Waals surface area contributed by atoms with Gasteiger partial charge < -0.3 is 5.11 Å². The van der Waals surface area contributed by atoms with Gasteiger partial charge in [0.15, 0.2) is 0 Å². The lowest BCUT2D eigenvalue weighted by Gasteiger charge is -2.15. The lowest BCUT2D eigenvalue weighted by atomic mass is 9.98. The van der Waals surface area contributed by atoms with Gasteiger partial charge >= 0.3 is 0 Å². The SMILES string of the molecule is C#C[C@](C)(O)Cc1ccccc1. The third-order valence-electron chi connectivity index (χ3n) is 1.70.